The number of aromatic nitrogens is 2. The van der Waals surface area contributed by atoms with E-state index in [1.807, 2.05) is 71.3 Å². The lowest BCUT2D eigenvalue weighted by atomic mass is 10.1. The summed E-state index contributed by atoms with van der Waals surface area (Å²) in [4.78, 5) is 7.02. The number of terminal acetylenes is 1. The van der Waals surface area contributed by atoms with E-state index in [1.165, 1.54) is 0 Å². The maximum atomic E-state index is 6.37. The van der Waals surface area contributed by atoms with Crippen molar-refractivity contribution in [1.29, 1.82) is 0 Å². The van der Waals surface area contributed by atoms with Gasteiger partial charge in [0, 0.05) is 28.2 Å². The molecule has 3 aromatic heterocycles. The lowest BCUT2D eigenvalue weighted by molar-refractivity contribution is 1.08. The second kappa shape index (κ2) is 8.31. The summed E-state index contributed by atoms with van der Waals surface area (Å²) in [6.45, 7) is 0.581. The smallest absolute Gasteiger partial charge is 0.140 e. The number of halogens is 1. The number of imidazole rings is 1. The summed E-state index contributed by atoms with van der Waals surface area (Å²) in [6.07, 6.45) is 7.89. The van der Waals surface area contributed by atoms with Crippen LogP contribution in [0.1, 0.15) is 11.1 Å². The molecular weight excluding hydrogens is 422 g/mol. The largest absolute Gasteiger partial charge is 0.365 e. The van der Waals surface area contributed by atoms with E-state index in [1.54, 1.807) is 11.3 Å². The number of benzene rings is 2. The van der Waals surface area contributed by atoms with Gasteiger partial charge in [-0.1, -0.05) is 72.1 Å². The molecule has 150 valence electrons. The first-order valence-corrected chi connectivity index (χ1v) is 11.0. The lowest BCUT2D eigenvalue weighted by Crippen LogP contribution is -2.03. The number of fused-ring (bicyclic) bond motifs is 1. The zero-order valence-electron chi connectivity index (χ0n) is 16.5. The van der Waals surface area contributed by atoms with Gasteiger partial charge < -0.3 is 5.32 Å². The van der Waals surface area contributed by atoms with Gasteiger partial charge >= 0.3 is 0 Å². The molecule has 0 bridgehead atoms. The zero-order valence-corrected chi connectivity index (χ0v) is 18.1. The highest BCUT2D eigenvalue weighted by molar-refractivity contribution is 7.19. The van der Waals surface area contributed by atoms with E-state index < -0.39 is 0 Å². The number of nitrogens with zero attached hydrogens (tertiary/aromatic N) is 2. The molecule has 0 aliphatic rings. The molecule has 0 spiro atoms. The second-order valence-electron chi connectivity index (χ2n) is 7.05. The molecule has 0 radical (unpaired) electrons. The Morgan fingerprint density at radius 3 is 2.58 bits per heavy atom. The minimum atomic E-state index is 0.581. The van der Waals surface area contributed by atoms with Crippen LogP contribution in [0, 0.1) is 12.3 Å². The predicted octanol–water partition coefficient (Wildman–Crippen LogP) is 6.98. The Morgan fingerprint density at radius 2 is 1.77 bits per heavy atom. The molecule has 0 aliphatic carbocycles. The predicted molar refractivity (Wildman–Crippen MR) is 131 cm³/mol. The molecule has 5 rings (SSSR count). The summed E-state index contributed by atoms with van der Waals surface area (Å²) >= 11 is 8.03. The number of hydrogen-bond donors (Lipinski definition) is 1. The van der Waals surface area contributed by atoms with Gasteiger partial charge in [-0.25, -0.2) is 4.98 Å². The normalized spacial score (nSPS) is 10.8. The third-order valence-electron chi connectivity index (χ3n) is 5.10. The molecule has 0 saturated heterocycles. The van der Waals surface area contributed by atoms with Crippen LogP contribution in [0.25, 0.3) is 26.7 Å². The summed E-state index contributed by atoms with van der Waals surface area (Å²) in [5.74, 6) is 3.75. The van der Waals surface area contributed by atoms with Crippen molar-refractivity contribution in [1.82, 2.24) is 9.38 Å². The number of nitrogens with one attached hydrogen (secondary N) is 1. The Morgan fingerprint density at radius 1 is 1.00 bits per heavy atom. The van der Waals surface area contributed by atoms with Crippen molar-refractivity contribution < 1.29 is 0 Å². The molecule has 0 fully saturated rings. The van der Waals surface area contributed by atoms with E-state index in [9.17, 15) is 0 Å². The first-order valence-electron chi connectivity index (χ1n) is 9.85. The average molecular weight is 440 g/mol. The van der Waals surface area contributed by atoms with Gasteiger partial charge in [0.25, 0.3) is 0 Å². The molecule has 3 heterocycles. The standard InChI is InChI=1S/C26H18ClN3S/c1-2-18-16-22(19-10-4-3-5-11-19)31-25(18)24-26(30-15-9-8-14-23(30)29-24)28-17-20-12-6-7-13-21(20)27/h1,3-16,28H,17H2. The van der Waals surface area contributed by atoms with Crippen LogP contribution < -0.4 is 5.32 Å². The molecule has 3 nitrogen and oxygen atoms in total. The van der Waals surface area contributed by atoms with Crippen LogP contribution in [0.2, 0.25) is 5.02 Å². The summed E-state index contributed by atoms with van der Waals surface area (Å²) in [5.41, 5.74) is 4.71. The van der Waals surface area contributed by atoms with Crippen molar-refractivity contribution in [2.24, 2.45) is 0 Å². The van der Waals surface area contributed by atoms with E-state index in [2.05, 4.69) is 29.4 Å². The highest BCUT2D eigenvalue weighted by atomic mass is 35.5. The van der Waals surface area contributed by atoms with Crippen LogP contribution in [0.3, 0.4) is 0 Å². The summed E-state index contributed by atoms with van der Waals surface area (Å²) in [5, 5.41) is 4.28. The number of anilines is 1. The summed E-state index contributed by atoms with van der Waals surface area (Å²) in [6, 6.07) is 26.1. The van der Waals surface area contributed by atoms with Crippen LogP contribution in [0.15, 0.2) is 85.1 Å². The van der Waals surface area contributed by atoms with Crippen LogP contribution in [-0.2, 0) is 6.54 Å². The molecule has 5 aromatic rings. The summed E-state index contributed by atoms with van der Waals surface area (Å²) in [7, 11) is 0. The third-order valence-corrected chi connectivity index (χ3v) is 6.65. The van der Waals surface area contributed by atoms with Crippen LogP contribution in [0.4, 0.5) is 5.82 Å². The SMILES string of the molecule is C#Cc1cc(-c2ccccc2)sc1-c1nc2ccccn2c1NCc1ccccc1Cl. The van der Waals surface area contributed by atoms with E-state index in [-0.39, 0.29) is 0 Å². The fraction of sp³-hybridized carbons (Fsp3) is 0.0385. The fourth-order valence-electron chi connectivity index (χ4n) is 3.56. The molecule has 0 aliphatic heterocycles. The summed E-state index contributed by atoms with van der Waals surface area (Å²) < 4.78 is 2.05. The average Bonchev–Trinajstić information content (AvgIpc) is 3.40. The quantitative estimate of drug-likeness (QED) is 0.299. The van der Waals surface area contributed by atoms with Crippen LogP contribution >= 0.6 is 22.9 Å². The molecule has 31 heavy (non-hydrogen) atoms. The fourth-order valence-corrected chi connectivity index (χ4v) is 4.88. The maximum absolute atomic E-state index is 6.37. The number of thiophene rings is 1. The molecule has 1 N–H and O–H groups in total. The van der Waals surface area contributed by atoms with Crippen LogP contribution in [-0.4, -0.2) is 9.38 Å². The van der Waals surface area contributed by atoms with Crippen molar-refractivity contribution in [3.63, 3.8) is 0 Å². The van der Waals surface area contributed by atoms with E-state index in [0.29, 0.717) is 6.54 Å². The van der Waals surface area contributed by atoms with E-state index >= 15 is 0 Å². The van der Waals surface area contributed by atoms with E-state index in [4.69, 9.17) is 23.0 Å². The molecule has 0 amide bonds. The first-order chi connectivity index (χ1) is 15.2. The topological polar surface area (TPSA) is 29.3 Å². The number of rotatable bonds is 5. The Balaban J connectivity index is 1.62. The Bertz CT molecular complexity index is 1410. The van der Waals surface area contributed by atoms with Gasteiger partial charge in [0.2, 0.25) is 0 Å². The maximum Gasteiger partial charge on any atom is 0.140 e. The molecular formula is C26H18ClN3S. The molecule has 0 saturated carbocycles. The van der Waals surface area contributed by atoms with Crippen molar-refractivity contribution in [2.75, 3.05) is 5.32 Å². The van der Waals surface area contributed by atoms with Gasteiger partial charge in [-0.15, -0.1) is 17.8 Å². The molecule has 0 unspecified atom stereocenters. The van der Waals surface area contributed by atoms with Gasteiger partial charge in [0.15, 0.2) is 0 Å². The monoisotopic (exact) mass is 439 g/mol. The first kappa shape index (κ1) is 19.4. The van der Waals surface area contributed by atoms with Crippen molar-refractivity contribution in [2.45, 2.75) is 6.54 Å². The van der Waals surface area contributed by atoms with Crippen molar-refractivity contribution >= 4 is 34.4 Å². The third kappa shape index (κ3) is 3.70. The van der Waals surface area contributed by atoms with Gasteiger partial charge in [-0.05, 0) is 35.4 Å². The number of hydrogen-bond acceptors (Lipinski definition) is 3. The lowest BCUT2D eigenvalue weighted by Gasteiger charge is -2.10. The van der Waals surface area contributed by atoms with Gasteiger partial charge in [-0.3, -0.25) is 4.40 Å². The Labute approximate surface area is 190 Å². The molecule has 2 aromatic carbocycles. The minimum absolute atomic E-state index is 0.581. The van der Waals surface area contributed by atoms with E-state index in [0.717, 1.165) is 48.6 Å². The van der Waals surface area contributed by atoms with Gasteiger partial charge in [0.1, 0.15) is 17.2 Å². The van der Waals surface area contributed by atoms with Crippen LogP contribution in [0.5, 0.6) is 0 Å². The van der Waals surface area contributed by atoms with Crippen molar-refractivity contribution in [3.8, 4) is 33.4 Å². The molecule has 5 heteroatoms. The zero-order chi connectivity index (χ0) is 21.2. The highest BCUT2D eigenvalue weighted by Crippen LogP contribution is 2.41. The highest BCUT2D eigenvalue weighted by Gasteiger charge is 2.20. The van der Waals surface area contributed by atoms with Gasteiger partial charge in [-0.2, -0.15) is 0 Å². The van der Waals surface area contributed by atoms with Gasteiger partial charge in [0.05, 0.1) is 4.88 Å². The minimum Gasteiger partial charge on any atom is -0.365 e. The molecule has 0 atom stereocenters. The second-order valence-corrected chi connectivity index (χ2v) is 8.51. The Hall–Kier alpha value is -3.52. The van der Waals surface area contributed by atoms with Crippen molar-refractivity contribution in [3.05, 3.63) is 101 Å². The number of pyridine rings is 1. The Kier molecular flexibility index (Phi) is 5.21.